The maximum atomic E-state index is 12.2. The summed E-state index contributed by atoms with van der Waals surface area (Å²) in [5.74, 6) is -0.556. The molecule has 0 atom stereocenters. The van der Waals surface area contributed by atoms with Crippen LogP contribution in [0.3, 0.4) is 0 Å². The van der Waals surface area contributed by atoms with Crippen LogP contribution in [0, 0.1) is 6.92 Å². The molecule has 0 aliphatic rings. The summed E-state index contributed by atoms with van der Waals surface area (Å²) in [5.41, 5.74) is 4.16. The molecular formula is C21H20N2O3S. The second-order valence-corrected chi connectivity index (χ2v) is 6.99. The molecule has 1 N–H and O–H groups in total. The van der Waals surface area contributed by atoms with Crippen molar-refractivity contribution in [3.05, 3.63) is 70.7 Å². The molecule has 27 heavy (non-hydrogen) atoms. The van der Waals surface area contributed by atoms with Crippen molar-refractivity contribution in [1.29, 1.82) is 0 Å². The van der Waals surface area contributed by atoms with Crippen LogP contribution in [0.15, 0.2) is 53.9 Å². The number of hydrogen-bond acceptors (Lipinski definition) is 5. The molecule has 1 heterocycles. The number of carbonyl (C=O) groups is 2. The lowest BCUT2D eigenvalue weighted by atomic mass is 10.1. The number of amides is 1. The van der Waals surface area contributed by atoms with E-state index in [4.69, 9.17) is 0 Å². The number of anilines is 1. The predicted molar refractivity (Wildman–Crippen MR) is 107 cm³/mol. The fraction of sp³-hybridized carbons (Fsp3) is 0.190. The summed E-state index contributed by atoms with van der Waals surface area (Å²) < 4.78 is 4.69. The van der Waals surface area contributed by atoms with Crippen molar-refractivity contribution in [2.24, 2.45) is 0 Å². The molecule has 0 aliphatic carbocycles. The molecule has 0 radical (unpaired) electrons. The second kappa shape index (κ2) is 8.60. The van der Waals surface area contributed by atoms with Gasteiger partial charge in [0, 0.05) is 23.1 Å². The first-order valence-corrected chi connectivity index (χ1v) is 9.43. The molecule has 3 aromatic rings. The fourth-order valence-corrected chi connectivity index (χ4v) is 3.42. The summed E-state index contributed by atoms with van der Waals surface area (Å²) in [6.45, 7) is 2.05. The third-order valence-electron chi connectivity index (χ3n) is 4.03. The van der Waals surface area contributed by atoms with E-state index in [-0.39, 0.29) is 5.91 Å². The summed E-state index contributed by atoms with van der Waals surface area (Å²) in [6, 6.07) is 14.9. The molecule has 0 bridgehead atoms. The van der Waals surface area contributed by atoms with E-state index in [1.165, 1.54) is 12.7 Å². The molecular weight excluding hydrogens is 360 g/mol. The number of esters is 1. The van der Waals surface area contributed by atoms with Crippen LogP contribution in [-0.2, 0) is 16.0 Å². The van der Waals surface area contributed by atoms with Gasteiger partial charge in [0.1, 0.15) is 5.01 Å². The van der Waals surface area contributed by atoms with Crippen molar-refractivity contribution < 1.29 is 14.3 Å². The summed E-state index contributed by atoms with van der Waals surface area (Å²) in [7, 11) is 1.33. The van der Waals surface area contributed by atoms with Crippen molar-refractivity contribution in [2.45, 2.75) is 19.8 Å². The summed E-state index contributed by atoms with van der Waals surface area (Å²) in [4.78, 5) is 28.4. The van der Waals surface area contributed by atoms with Gasteiger partial charge >= 0.3 is 5.97 Å². The van der Waals surface area contributed by atoms with Crippen molar-refractivity contribution in [1.82, 2.24) is 4.98 Å². The molecule has 3 rings (SSSR count). The Morgan fingerprint density at radius 3 is 2.67 bits per heavy atom. The van der Waals surface area contributed by atoms with E-state index >= 15 is 0 Å². The van der Waals surface area contributed by atoms with Crippen LogP contribution in [0.25, 0.3) is 10.6 Å². The molecule has 0 spiro atoms. The van der Waals surface area contributed by atoms with Gasteiger partial charge in [-0.1, -0.05) is 35.9 Å². The standard InChI is InChI=1S/C21H20N2O3S/c1-14-6-8-15(9-7-14)20-23-18(13-27-20)10-11-19(24)22-17-5-3-4-16(12-17)21(25)26-2/h3-9,12-13H,10-11H2,1-2H3,(H,22,24). The molecule has 0 saturated heterocycles. The van der Waals surface area contributed by atoms with Crippen molar-refractivity contribution in [3.8, 4) is 10.6 Å². The van der Waals surface area contributed by atoms with Gasteiger partial charge in [-0.15, -0.1) is 11.3 Å². The number of methoxy groups -OCH3 is 1. The molecule has 0 saturated carbocycles. The Labute approximate surface area is 162 Å². The maximum absolute atomic E-state index is 12.2. The fourth-order valence-electron chi connectivity index (χ4n) is 2.56. The number of rotatable bonds is 6. The Kier molecular flexibility index (Phi) is 5.98. The first-order chi connectivity index (χ1) is 13.0. The number of benzene rings is 2. The SMILES string of the molecule is COC(=O)c1cccc(NC(=O)CCc2csc(-c3ccc(C)cc3)n2)c1. The number of carbonyl (C=O) groups excluding carboxylic acids is 2. The van der Waals surface area contributed by atoms with Crippen molar-refractivity contribution in [2.75, 3.05) is 12.4 Å². The first-order valence-electron chi connectivity index (χ1n) is 8.55. The van der Waals surface area contributed by atoms with Crippen LogP contribution in [0.1, 0.15) is 28.0 Å². The number of nitrogens with zero attached hydrogens (tertiary/aromatic N) is 1. The van der Waals surface area contributed by atoms with Crippen LogP contribution in [0.2, 0.25) is 0 Å². The number of aromatic nitrogens is 1. The van der Waals surface area contributed by atoms with E-state index in [1.54, 1.807) is 35.6 Å². The largest absolute Gasteiger partial charge is 0.465 e. The lowest BCUT2D eigenvalue weighted by Crippen LogP contribution is -2.13. The minimum atomic E-state index is -0.433. The third-order valence-corrected chi connectivity index (χ3v) is 4.97. The molecule has 1 aromatic heterocycles. The molecule has 1 amide bonds. The van der Waals surface area contributed by atoms with Gasteiger partial charge in [0.25, 0.3) is 0 Å². The quantitative estimate of drug-likeness (QED) is 0.641. The highest BCUT2D eigenvalue weighted by atomic mass is 32.1. The monoisotopic (exact) mass is 380 g/mol. The summed E-state index contributed by atoms with van der Waals surface area (Å²) in [5, 5.41) is 5.75. The lowest BCUT2D eigenvalue weighted by Gasteiger charge is -2.06. The summed E-state index contributed by atoms with van der Waals surface area (Å²) >= 11 is 1.58. The van der Waals surface area contributed by atoms with E-state index in [0.29, 0.717) is 24.1 Å². The number of thiazole rings is 1. The first kappa shape index (κ1) is 18.8. The van der Waals surface area contributed by atoms with Gasteiger partial charge in [-0.2, -0.15) is 0 Å². The number of ether oxygens (including phenoxy) is 1. The predicted octanol–water partition coefficient (Wildman–Crippen LogP) is 4.48. The number of hydrogen-bond donors (Lipinski definition) is 1. The Hall–Kier alpha value is -2.99. The minimum absolute atomic E-state index is 0.123. The third kappa shape index (κ3) is 5.01. The van der Waals surface area contributed by atoms with E-state index in [2.05, 4.69) is 46.2 Å². The Morgan fingerprint density at radius 1 is 1.15 bits per heavy atom. The van der Waals surface area contributed by atoms with Gasteiger partial charge in [0.2, 0.25) is 5.91 Å². The Balaban J connectivity index is 1.57. The molecule has 2 aromatic carbocycles. The number of nitrogens with one attached hydrogen (secondary N) is 1. The lowest BCUT2D eigenvalue weighted by molar-refractivity contribution is -0.116. The zero-order chi connectivity index (χ0) is 19.2. The average molecular weight is 380 g/mol. The molecule has 5 nitrogen and oxygen atoms in total. The van der Waals surface area contributed by atoms with Crippen LogP contribution in [0.4, 0.5) is 5.69 Å². The number of aryl methyl sites for hydroxylation is 2. The van der Waals surface area contributed by atoms with Gasteiger partial charge < -0.3 is 10.1 Å². The van der Waals surface area contributed by atoms with E-state index in [1.807, 2.05) is 5.38 Å². The van der Waals surface area contributed by atoms with Gasteiger partial charge in [-0.25, -0.2) is 9.78 Å². The van der Waals surface area contributed by atoms with Gasteiger partial charge in [0.15, 0.2) is 0 Å². The maximum Gasteiger partial charge on any atom is 0.337 e. The van der Waals surface area contributed by atoms with Crippen LogP contribution < -0.4 is 5.32 Å². The van der Waals surface area contributed by atoms with Crippen LogP contribution >= 0.6 is 11.3 Å². The Bertz CT molecular complexity index is 948. The molecule has 6 heteroatoms. The topological polar surface area (TPSA) is 68.3 Å². The second-order valence-electron chi connectivity index (χ2n) is 6.13. The highest BCUT2D eigenvalue weighted by Crippen LogP contribution is 2.24. The van der Waals surface area contributed by atoms with E-state index < -0.39 is 5.97 Å². The smallest absolute Gasteiger partial charge is 0.337 e. The van der Waals surface area contributed by atoms with Crippen molar-refractivity contribution >= 4 is 28.9 Å². The Morgan fingerprint density at radius 2 is 1.93 bits per heavy atom. The minimum Gasteiger partial charge on any atom is -0.465 e. The molecule has 0 unspecified atom stereocenters. The zero-order valence-corrected chi connectivity index (χ0v) is 16.0. The molecule has 0 fully saturated rings. The van der Waals surface area contributed by atoms with Gasteiger partial charge in [0.05, 0.1) is 18.4 Å². The average Bonchev–Trinajstić information content (AvgIpc) is 3.15. The van der Waals surface area contributed by atoms with E-state index in [0.717, 1.165) is 16.3 Å². The highest BCUT2D eigenvalue weighted by Gasteiger charge is 2.10. The van der Waals surface area contributed by atoms with Crippen LogP contribution in [0.5, 0.6) is 0 Å². The zero-order valence-electron chi connectivity index (χ0n) is 15.2. The molecule has 0 aliphatic heterocycles. The van der Waals surface area contributed by atoms with Crippen LogP contribution in [-0.4, -0.2) is 24.0 Å². The van der Waals surface area contributed by atoms with Crippen molar-refractivity contribution in [3.63, 3.8) is 0 Å². The molecule has 138 valence electrons. The van der Waals surface area contributed by atoms with Gasteiger partial charge in [-0.05, 0) is 31.5 Å². The highest BCUT2D eigenvalue weighted by molar-refractivity contribution is 7.13. The van der Waals surface area contributed by atoms with E-state index in [9.17, 15) is 9.59 Å². The normalized spacial score (nSPS) is 10.4. The summed E-state index contributed by atoms with van der Waals surface area (Å²) in [6.07, 6.45) is 0.879. The van der Waals surface area contributed by atoms with Gasteiger partial charge in [-0.3, -0.25) is 4.79 Å².